The highest BCUT2D eigenvalue weighted by atomic mass is 16.5. The molecule has 4 aromatic rings. The van der Waals surface area contributed by atoms with Gasteiger partial charge in [-0.1, -0.05) is 24.3 Å². The number of amides is 1. The third kappa shape index (κ3) is 3.89. The summed E-state index contributed by atoms with van der Waals surface area (Å²) in [5.74, 6) is 1.48. The number of fused-ring (bicyclic) bond motifs is 1. The summed E-state index contributed by atoms with van der Waals surface area (Å²) in [7, 11) is 1.56. The maximum atomic E-state index is 12.3. The molecule has 0 fully saturated rings. The van der Waals surface area contributed by atoms with Crippen molar-refractivity contribution in [1.29, 1.82) is 0 Å². The fourth-order valence-corrected chi connectivity index (χ4v) is 3.10. The number of nitrogens with zero attached hydrogens (tertiary/aromatic N) is 3. The first-order chi connectivity index (χ1) is 14.2. The molecule has 0 atom stereocenters. The van der Waals surface area contributed by atoms with Crippen molar-refractivity contribution >= 4 is 17.4 Å². The van der Waals surface area contributed by atoms with E-state index in [1.807, 2.05) is 60.0 Å². The van der Waals surface area contributed by atoms with Gasteiger partial charge in [-0.2, -0.15) is 0 Å². The SMILES string of the molecule is COc1ccccc1OCC(=O)Nc1cccc(-c2nc3ncccn3c2C)c1. The van der Waals surface area contributed by atoms with Gasteiger partial charge in [-0.3, -0.25) is 9.20 Å². The van der Waals surface area contributed by atoms with Crippen molar-refractivity contribution in [3.05, 3.63) is 72.7 Å². The van der Waals surface area contributed by atoms with Gasteiger partial charge in [-0.15, -0.1) is 0 Å². The number of para-hydroxylation sites is 2. The first kappa shape index (κ1) is 18.5. The molecule has 4 rings (SSSR count). The monoisotopic (exact) mass is 388 g/mol. The number of carbonyl (C=O) groups is 1. The average Bonchev–Trinajstić information content (AvgIpc) is 3.09. The van der Waals surface area contributed by atoms with Crippen LogP contribution in [0.4, 0.5) is 5.69 Å². The van der Waals surface area contributed by atoms with E-state index in [0.29, 0.717) is 23.0 Å². The van der Waals surface area contributed by atoms with E-state index in [1.54, 1.807) is 25.4 Å². The van der Waals surface area contributed by atoms with Gasteiger partial charge < -0.3 is 14.8 Å². The van der Waals surface area contributed by atoms with Crippen LogP contribution in [0.5, 0.6) is 11.5 Å². The highest BCUT2D eigenvalue weighted by molar-refractivity contribution is 5.92. The summed E-state index contributed by atoms with van der Waals surface area (Å²) in [6, 6.07) is 16.6. The molecular formula is C22H20N4O3. The average molecular weight is 388 g/mol. The number of ether oxygens (including phenoxy) is 2. The lowest BCUT2D eigenvalue weighted by atomic mass is 10.1. The minimum atomic E-state index is -0.263. The van der Waals surface area contributed by atoms with Crippen molar-refractivity contribution in [2.75, 3.05) is 19.0 Å². The Hall–Kier alpha value is -3.87. The number of aryl methyl sites for hydroxylation is 1. The van der Waals surface area contributed by atoms with Gasteiger partial charge in [0.1, 0.15) is 0 Å². The van der Waals surface area contributed by atoms with Crippen LogP contribution in [0.3, 0.4) is 0 Å². The summed E-state index contributed by atoms with van der Waals surface area (Å²) in [6.45, 7) is 1.87. The molecular weight excluding hydrogens is 368 g/mol. The van der Waals surface area contributed by atoms with Crippen molar-refractivity contribution < 1.29 is 14.3 Å². The van der Waals surface area contributed by atoms with E-state index in [4.69, 9.17) is 9.47 Å². The van der Waals surface area contributed by atoms with Crippen molar-refractivity contribution in [2.24, 2.45) is 0 Å². The Balaban J connectivity index is 1.48. The number of nitrogens with one attached hydrogen (secondary N) is 1. The Kier molecular flexibility index (Phi) is 5.11. The van der Waals surface area contributed by atoms with Crippen LogP contribution in [0.1, 0.15) is 5.69 Å². The molecule has 0 aliphatic carbocycles. The van der Waals surface area contributed by atoms with Crippen molar-refractivity contribution in [3.8, 4) is 22.8 Å². The van der Waals surface area contributed by atoms with E-state index >= 15 is 0 Å². The summed E-state index contributed by atoms with van der Waals surface area (Å²) in [5.41, 5.74) is 3.37. The molecule has 0 saturated heterocycles. The molecule has 0 aliphatic heterocycles. The Morgan fingerprint density at radius 2 is 1.93 bits per heavy atom. The predicted molar refractivity (Wildman–Crippen MR) is 110 cm³/mol. The van der Waals surface area contributed by atoms with Gasteiger partial charge in [0.2, 0.25) is 5.78 Å². The predicted octanol–water partition coefficient (Wildman–Crippen LogP) is 3.73. The van der Waals surface area contributed by atoms with Gasteiger partial charge in [-0.05, 0) is 37.3 Å². The van der Waals surface area contributed by atoms with Crippen molar-refractivity contribution in [2.45, 2.75) is 6.92 Å². The van der Waals surface area contributed by atoms with Crippen LogP contribution >= 0.6 is 0 Å². The van der Waals surface area contributed by atoms with Crippen LogP contribution in [-0.4, -0.2) is 34.0 Å². The molecule has 146 valence electrons. The largest absolute Gasteiger partial charge is 0.493 e. The van der Waals surface area contributed by atoms with E-state index in [-0.39, 0.29) is 12.5 Å². The maximum Gasteiger partial charge on any atom is 0.262 e. The first-order valence-electron chi connectivity index (χ1n) is 9.11. The zero-order valence-corrected chi connectivity index (χ0v) is 16.1. The van der Waals surface area contributed by atoms with Crippen LogP contribution in [0.2, 0.25) is 0 Å². The molecule has 7 heteroatoms. The second kappa shape index (κ2) is 8.02. The summed E-state index contributed by atoms with van der Waals surface area (Å²) in [5, 5.41) is 2.86. The van der Waals surface area contributed by atoms with Crippen LogP contribution in [0.15, 0.2) is 67.0 Å². The number of methoxy groups -OCH3 is 1. The Labute approximate surface area is 168 Å². The first-order valence-corrected chi connectivity index (χ1v) is 9.11. The Morgan fingerprint density at radius 1 is 1.10 bits per heavy atom. The standard InChI is InChI=1S/C22H20N4O3/c1-15-21(25-22-23-11-6-12-26(15)22)16-7-5-8-17(13-16)24-20(27)14-29-19-10-4-3-9-18(19)28-2/h3-13H,14H2,1-2H3,(H,24,27). The number of aromatic nitrogens is 3. The zero-order valence-electron chi connectivity index (χ0n) is 16.1. The molecule has 2 aromatic carbocycles. The third-order valence-corrected chi connectivity index (χ3v) is 4.49. The highest BCUT2D eigenvalue weighted by Gasteiger charge is 2.12. The summed E-state index contributed by atoms with van der Waals surface area (Å²) in [6.07, 6.45) is 3.64. The Bertz CT molecular complexity index is 1170. The van der Waals surface area contributed by atoms with Crippen LogP contribution in [0.25, 0.3) is 17.0 Å². The highest BCUT2D eigenvalue weighted by Crippen LogP contribution is 2.27. The number of benzene rings is 2. The van der Waals surface area contributed by atoms with E-state index in [0.717, 1.165) is 17.0 Å². The summed E-state index contributed by atoms with van der Waals surface area (Å²) >= 11 is 0. The molecule has 0 radical (unpaired) electrons. The second-order valence-electron chi connectivity index (χ2n) is 6.40. The van der Waals surface area contributed by atoms with Crippen molar-refractivity contribution in [1.82, 2.24) is 14.4 Å². The van der Waals surface area contributed by atoms with Crippen molar-refractivity contribution in [3.63, 3.8) is 0 Å². The molecule has 2 heterocycles. The molecule has 0 aliphatic rings. The second-order valence-corrected chi connectivity index (χ2v) is 6.40. The number of rotatable bonds is 6. The number of hydrogen-bond donors (Lipinski definition) is 1. The lowest BCUT2D eigenvalue weighted by Gasteiger charge is -2.11. The minimum absolute atomic E-state index is 0.123. The Morgan fingerprint density at radius 3 is 2.72 bits per heavy atom. The van der Waals surface area contributed by atoms with Crippen LogP contribution in [0, 0.1) is 6.92 Å². The third-order valence-electron chi connectivity index (χ3n) is 4.49. The molecule has 29 heavy (non-hydrogen) atoms. The van der Waals surface area contributed by atoms with E-state index in [9.17, 15) is 4.79 Å². The van der Waals surface area contributed by atoms with E-state index in [1.165, 1.54) is 0 Å². The summed E-state index contributed by atoms with van der Waals surface area (Å²) in [4.78, 5) is 21.2. The molecule has 0 spiro atoms. The maximum absolute atomic E-state index is 12.3. The quantitative estimate of drug-likeness (QED) is 0.545. The minimum Gasteiger partial charge on any atom is -0.493 e. The lowest BCUT2D eigenvalue weighted by Crippen LogP contribution is -2.20. The van der Waals surface area contributed by atoms with Gasteiger partial charge in [0.25, 0.3) is 5.91 Å². The van der Waals surface area contributed by atoms with Crippen LogP contribution in [-0.2, 0) is 4.79 Å². The van der Waals surface area contributed by atoms with E-state index < -0.39 is 0 Å². The molecule has 1 amide bonds. The number of imidazole rings is 1. The molecule has 0 unspecified atom stereocenters. The zero-order chi connectivity index (χ0) is 20.2. The molecule has 0 saturated carbocycles. The van der Waals surface area contributed by atoms with Gasteiger partial charge in [0, 0.05) is 29.3 Å². The number of carbonyl (C=O) groups excluding carboxylic acids is 1. The fourth-order valence-electron chi connectivity index (χ4n) is 3.10. The number of hydrogen-bond acceptors (Lipinski definition) is 5. The van der Waals surface area contributed by atoms with Gasteiger partial charge in [0.05, 0.1) is 12.8 Å². The van der Waals surface area contributed by atoms with Gasteiger partial charge >= 0.3 is 0 Å². The van der Waals surface area contributed by atoms with Gasteiger partial charge in [0.15, 0.2) is 18.1 Å². The normalized spacial score (nSPS) is 10.7. The molecule has 1 N–H and O–H groups in total. The molecule has 7 nitrogen and oxygen atoms in total. The smallest absolute Gasteiger partial charge is 0.262 e. The topological polar surface area (TPSA) is 77.8 Å². The van der Waals surface area contributed by atoms with Crippen LogP contribution < -0.4 is 14.8 Å². The van der Waals surface area contributed by atoms with E-state index in [2.05, 4.69) is 15.3 Å². The molecule has 2 aromatic heterocycles. The number of anilines is 1. The molecule has 0 bridgehead atoms. The van der Waals surface area contributed by atoms with Gasteiger partial charge in [-0.25, -0.2) is 9.97 Å². The fraction of sp³-hybridized carbons (Fsp3) is 0.136. The lowest BCUT2D eigenvalue weighted by molar-refractivity contribution is -0.118. The summed E-state index contributed by atoms with van der Waals surface area (Å²) < 4.78 is 12.7.